The first-order valence-corrected chi connectivity index (χ1v) is 16.2. The number of nitrogens with one attached hydrogen (secondary N) is 2. The maximum absolute atomic E-state index is 14.1. The Bertz CT molecular complexity index is 1310. The Balaban J connectivity index is 2.22. The number of rotatable bonds is 13. The smallest absolute Gasteiger partial charge is 0.249 e. The minimum absolute atomic E-state index is 0.0337. The van der Waals surface area contributed by atoms with Gasteiger partial charge in [-0.15, -0.1) is 0 Å². The Morgan fingerprint density at radius 3 is 2.39 bits per heavy atom. The van der Waals surface area contributed by atoms with Gasteiger partial charge in [-0.2, -0.15) is 0 Å². The monoisotopic (exact) mass is 587 g/mol. The van der Waals surface area contributed by atoms with Crippen LogP contribution in [0, 0.1) is 23.7 Å². The number of amides is 2. The van der Waals surface area contributed by atoms with Crippen molar-refractivity contribution in [2.24, 2.45) is 29.5 Å². The van der Waals surface area contributed by atoms with E-state index in [9.17, 15) is 18.0 Å². The molecule has 2 unspecified atom stereocenters. The van der Waals surface area contributed by atoms with E-state index in [1.54, 1.807) is 12.2 Å². The number of carbonyl (C=O) groups is 2. The van der Waals surface area contributed by atoms with Crippen LogP contribution in [0.3, 0.4) is 0 Å². The largest absolute Gasteiger partial charge is 0.350 e. The van der Waals surface area contributed by atoms with Gasteiger partial charge in [-0.3, -0.25) is 15.0 Å². The quantitative estimate of drug-likeness (QED) is 0.178. The van der Waals surface area contributed by atoms with Crippen LogP contribution < -0.4 is 16.7 Å². The molecular formula is C31H45N3O6S. The second-order valence-corrected chi connectivity index (χ2v) is 14.1. The van der Waals surface area contributed by atoms with Gasteiger partial charge in [0.2, 0.25) is 11.8 Å². The minimum atomic E-state index is -4.01. The fraction of sp³-hybridized carbons (Fsp3) is 0.548. The summed E-state index contributed by atoms with van der Waals surface area (Å²) in [5.41, 5.74) is 5.46. The number of carbonyl (C=O) groups excluding carboxylic acids is 2. The summed E-state index contributed by atoms with van der Waals surface area (Å²) in [5.74, 6) is 1.72. The predicted octanol–water partition coefficient (Wildman–Crippen LogP) is 4.53. The number of hydrazine groups is 1. The molecule has 0 aliphatic carbocycles. The number of benzene rings is 2. The highest BCUT2D eigenvalue weighted by Gasteiger charge is 2.54. The predicted molar refractivity (Wildman–Crippen MR) is 162 cm³/mol. The molecule has 41 heavy (non-hydrogen) atoms. The number of nitrogens with two attached hydrogens (primary N) is 1. The molecule has 1 heterocycles. The van der Waals surface area contributed by atoms with Crippen LogP contribution in [0.5, 0.6) is 0 Å². The lowest BCUT2D eigenvalue weighted by Gasteiger charge is -2.41. The van der Waals surface area contributed by atoms with E-state index >= 15 is 0 Å². The number of ether oxygens (including phenoxy) is 1. The van der Waals surface area contributed by atoms with Crippen LogP contribution in [-0.4, -0.2) is 44.1 Å². The summed E-state index contributed by atoms with van der Waals surface area (Å²) >= 11 is 0. The van der Waals surface area contributed by atoms with Crippen molar-refractivity contribution in [3.05, 3.63) is 54.1 Å². The summed E-state index contributed by atoms with van der Waals surface area (Å²) in [5, 5.41) is 1.94. The zero-order chi connectivity index (χ0) is 30.2. The molecule has 2 aromatic carbocycles. The molecule has 0 aromatic heterocycles. The molecule has 2 amide bonds. The van der Waals surface area contributed by atoms with Crippen molar-refractivity contribution in [2.75, 3.05) is 12.9 Å². The van der Waals surface area contributed by atoms with Crippen molar-refractivity contribution < 1.29 is 27.6 Å². The molecule has 2 aromatic rings. The van der Waals surface area contributed by atoms with Crippen molar-refractivity contribution in [1.29, 1.82) is 0 Å². The molecule has 226 valence electrons. The summed E-state index contributed by atoms with van der Waals surface area (Å²) in [6.07, 6.45) is 6.53. The summed E-state index contributed by atoms with van der Waals surface area (Å²) in [4.78, 5) is 33.0. The summed E-state index contributed by atoms with van der Waals surface area (Å²) in [7, 11) is -4.01. The second kappa shape index (κ2) is 14.4. The lowest BCUT2D eigenvalue weighted by molar-refractivity contribution is -0.203. The van der Waals surface area contributed by atoms with Crippen molar-refractivity contribution >= 4 is 38.5 Å². The van der Waals surface area contributed by atoms with E-state index in [0.717, 1.165) is 35.4 Å². The molecule has 9 nitrogen and oxygen atoms in total. The van der Waals surface area contributed by atoms with Crippen molar-refractivity contribution in [3.8, 4) is 0 Å². The van der Waals surface area contributed by atoms with E-state index in [-0.39, 0.29) is 24.7 Å². The minimum Gasteiger partial charge on any atom is -0.350 e. The molecule has 0 radical (unpaired) electrons. The van der Waals surface area contributed by atoms with Gasteiger partial charge in [0.15, 0.2) is 16.1 Å². The first kappa shape index (κ1) is 32.7. The number of hydrogen-bond donors (Lipinski definition) is 3. The summed E-state index contributed by atoms with van der Waals surface area (Å²) in [6.45, 7) is 8.12. The Labute approximate surface area is 244 Å². The van der Waals surface area contributed by atoms with Crippen molar-refractivity contribution in [2.45, 2.75) is 70.8 Å². The number of sulfone groups is 1. The van der Waals surface area contributed by atoms with Crippen LogP contribution in [0.2, 0.25) is 0 Å². The zero-order valence-corrected chi connectivity index (χ0v) is 25.6. The van der Waals surface area contributed by atoms with Gasteiger partial charge in [0.05, 0.1) is 11.8 Å². The average Bonchev–Trinajstić information content (AvgIpc) is 2.93. The molecule has 1 fully saturated rings. The fourth-order valence-electron chi connectivity index (χ4n) is 5.81. The third-order valence-electron chi connectivity index (χ3n) is 7.63. The molecule has 4 atom stereocenters. The SMILES string of the molecule is CC(C)C[C@@H](C(=O)NN)[C@@H](C(=O)NOC1CCCCO1)C(/C=C/c1cccc2ccccc12)(CC(C)C)S(C)(=O)=O. The summed E-state index contributed by atoms with van der Waals surface area (Å²) in [6, 6.07) is 13.6. The van der Waals surface area contributed by atoms with Gasteiger partial charge in [0.25, 0.3) is 0 Å². The molecule has 4 N–H and O–H groups in total. The number of hydrogen-bond acceptors (Lipinski definition) is 7. The van der Waals surface area contributed by atoms with Gasteiger partial charge in [-0.05, 0) is 53.9 Å². The van der Waals surface area contributed by atoms with Gasteiger partial charge >= 0.3 is 0 Å². The van der Waals surface area contributed by atoms with E-state index in [2.05, 4.69) is 10.9 Å². The standard InChI is InChI=1S/C31H45N3O6S/c1-21(2)19-26(29(35)33-32)28(30(36)34-40-27-15-8-9-18-39-27)31(20-22(3)4,41(5,37)38)17-16-24-13-10-12-23-11-6-7-14-25(23)24/h6-7,10-14,16-17,21-22,26-28H,8-9,15,18-20,32H2,1-5H3,(H,33,35)(H,34,36)/b17-16+/t26-,27?,28+,31?/m1/s1. The lowest BCUT2D eigenvalue weighted by atomic mass is 9.72. The zero-order valence-electron chi connectivity index (χ0n) is 24.8. The van der Waals surface area contributed by atoms with E-state index in [4.69, 9.17) is 15.4 Å². The highest BCUT2D eigenvalue weighted by Crippen LogP contribution is 2.42. The van der Waals surface area contributed by atoms with Crippen LogP contribution in [0.25, 0.3) is 16.8 Å². The van der Waals surface area contributed by atoms with Gasteiger partial charge < -0.3 is 4.74 Å². The van der Waals surface area contributed by atoms with Gasteiger partial charge in [0, 0.05) is 19.3 Å². The Kier molecular flexibility index (Phi) is 11.5. The van der Waals surface area contributed by atoms with Crippen LogP contribution in [0.15, 0.2) is 48.5 Å². The maximum Gasteiger partial charge on any atom is 0.249 e. The Hall–Kier alpha value is -2.79. The molecule has 0 spiro atoms. The van der Waals surface area contributed by atoms with Gasteiger partial charge in [-0.1, -0.05) is 82.3 Å². The average molecular weight is 588 g/mol. The summed E-state index contributed by atoms with van der Waals surface area (Å²) < 4.78 is 31.8. The molecule has 1 aliphatic rings. The Morgan fingerprint density at radius 2 is 1.78 bits per heavy atom. The van der Waals surface area contributed by atoms with Crippen LogP contribution in [0.1, 0.15) is 65.4 Å². The van der Waals surface area contributed by atoms with Crippen LogP contribution in [-0.2, 0) is 29.0 Å². The highest BCUT2D eigenvalue weighted by molar-refractivity contribution is 7.92. The fourth-order valence-corrected chi connectivity index (χ4v) is 7.50. The van der Waals surface area contributed by atoms with Gasteiger partial charge in [0.1, 0.15) is 4.75 Å². The van der Waals surface area contributed by atoms with E-state index in [1.165, 1.54) is 0 Å². The van der Waals surface area contributed by atoms with Crippen LogP contribution in [0.4, 0.5) is 0 Å². The molecule has 0 saturated carbocycles. The third-order valence-corrected chi connectivity index (χ3v) is 9.57. The highest BCUT2D eigenvalue weighted by atomic mass is 32.2. The van der Waals surface area contributed by atoms with Gasteiger partial charge in [-0.25, -0.2) is 24.6 Å². The van der Waals surface area contributed by atoms with E-state index in [1.807, 2.05) is 70.2 Å². The molecule has 10 heteroatoms. The molecule has 0 bridgehead atoms. The number of fused-ring (bicyclic) bond motifs is 1. The number of hydroxylamine groups is 1. The molecule has 1 aliphatic heterocycles. The van der Waals surface area contributed by atoms with Crippen molar-refractivity contribution in [3.63, 3.8) is 0 Å². The van der Waals surface area contributed by atoms with E-state index in [0.29, 0.717) is 13.0 Å². The molecule has 1 saturated heterocycles. The molecular weight excluding hydrogens is 542 g/mol. The lowest BCUT2D eigenvalue weighted by Crippen LogP contribution is -2.58. The first-order chi connectivity index (χ1) is 19.4. The maximum atomic E-state index is 14.1. The van der Waals surface area contributed by atoms with E-state index < -0.39 is 44.5 Å². The van der Waals surface area contributed by atoms with Crippen LogP contribution >= 0.6 is 0 Å². The topological polar surface area (TPSA) is 137 Å². The second-order valence-electron chi connectivity index (χ2n) is 11.8. The molecule has 3 rings (SSSR count). The third kappa shape index (κ3) is 8.16. The van der Waals surface area contributed by atoms with Crippen molar-refractivity contribution in [1.82, 2.24) is 10.9 Å². The Morgan fingerprint density at radius 1 is 1.07 bits per heavy atom. The first-order valence-electron chi connectivity index (χ1n) is 14.3. The normalized spacial score (nSPS) is 19.3.